The summed E-state index contributed by atoms with van der Waals surface area (Å²) in [6.45, 7) is 4.44. The number of rotatable bonds is 3. The zero-order chi connectivity index (χ0) is 16.6. The minimum absolute atomic E-state index is 0.214. The average molecular weight is 328 g/mol. The van der Waals surface area contributed by atoms with Crippen molar-refractivity contribution in [2.45, 2.75) is 12.1 Å². The predicted octanol–water partition coefficient (Wildman–Crippen LogP) is -0.946. The number of hydrogen-bond donors (Lipinski definition) is 2. The molecular weight excluding hydrogens is 308 g/mol. The van der Waals surface area contributed by atoms with E-state index in [-0.39, 0.29) is 5.96 Å². The van der Waals surface area contributed by atoms with Crippen molar-refractivity contribution in [2.75, 3.05) is 33.0 Å². The van der Waals surface area contributed by atoms with Gasteiger partial charge in [-0.25, -0.2) is 10.0 Å². The SMILES string of the molecule is NC1=NCN2N=CC(N)(c3cccc(CN4CCOCC4)n3)C2=N1. The fourth-order valence-corrected chi connectivity index (χ4v) is 2.99. The molecule has 0 spiro atoms. The normalized spacial score (nSPS) is 27.0. The summed E-state index contributed by atoms with van der Waals surface area (Å²) in [7, 11) is 0. The van der Waals surface area contributed by atoms with E-state index in [1.165, 1.54) is 0 Å². The van der Waals surface area contributed by atoms with Gasteiger partial charge in [0.2, 0.25) is 5.96 Å². The van der Waals surface area contributed by atoms with Crippen molar-refractivity contribution in [3.8, 4) is 0 Å². The van der Waals surface area contributed by atoms with Crippen LogP contribution in [0.3, 0.4) is 0 Å². The second-order valence-corrected chi connectivity index (χ2v) is 6.01. The van der Waals surface area contributed by atoms with E-state index < -0.39 is 5.54 Å². The summed E-state index contributed by atoms with van der Waals surface area (Å²) in [6.07, 6.45) is 1.65. The molecule has 0 aromatic carbocycles. The lowest BCUT2D eigenvalue weighted by atomic mass is 9.96. The van der Waals surface area contributed by atoms with E-state index in [1.807, 2.05) is 18.2 Å². The van der Waals surface area contributed by atoms with E-state index >= 15 is 0 Å². The summed E-state index contributed by atoms with van der Waals surface area (Å²) in [5.41, 5.74) is 13.0. The van der Waals surface area contributed by atoms with E-state index in [9.17, 15) is 0 Å². The topological polar surface area (TPSA) is 118 Å². The van der Waals surface area contributed by atoms with Crippen molar-refractivity contribution in [3.05, 3.63) is 29.6 Å². The first-order valence-corrected chi connectivity index (χ1v) is 7.92. The number of aromatic nitrogens is 1. The molecule has 24 heavy (non-hydrogen) atoms. The smallest absolute Gasteiger partial charge is 0.219 e. The third-order valence-corrected chi connectivity index (χ3v) is 4.32. The van der Waals surface area contributed by atoms with Gasteiger partial charge in [-0.3, -0.25) is 9.88 Å². The van der Waals surface area contributed by atoms with Gasteiger partial charge in [0.1, 0.15) is 6.67 Å². The molecule has 1 saturated heterocycles. The molecule has 0 radical (unpaired) electrons. The van der Waals surface area contributed by atoms with Gasteiger partial charge in [0.05, 0.1) is 30.8 Å². The quantitative estimate of drug-likeness (QED) is 0.739. The van der Waals surface area contributed by atoms with Crippen LogP contribution in [-0.2, 0) is 16.8 Å². The lowest BCUT2D eigenvalue weighted by Crippen LogP contribution is -2.50. The maximum Gasteiger partial charge on any atom is 0.219 e. The number of nitrogens with two attached hydrogens (primary N) is 2. The molecule has 1 aromatic rings. The number of guanidine groups is 1. The lowest BCUT2D eigenvalue weighted by Gasteiger charge is -2.28. The van der Waals surface area contributed by atoms with Crippen LogP contribution < -0.4 is 11.5 Å². The largest absolute Gasteiger partial charge is 0.379 e. The highest BCUT2D eigenvalue weighted by molar-refractivity contribution is 6.13. The molecule has 1 unspecified atom stereocenters. The van der Waals surface area contributed by atoms with Crippen molar-refractivity contribution in [2.24, 2.45) is 26.6 Å². The average Bonchev–Trinajstić information content (AvgIpc) is 2.94. The number of nitrogens with zero attached hydrogens (tertiary/aromatic N) is 6. The van der Waals surface area contributed by atoms with Gasteiger partial charge in [0.25, 0.3) is 0 Å². The maximum absolute atomic E-state index is 6.57. The van der Waals surface area contributed by atoms with Gasteiger partial charge in [-0.1, -0.05) is 6.07 Å². The summed E-state index contributed by atoms with van der Waals surface area (Å²) >= 11 is 0. The van der Waals surface area contributed by atoms with Gasteiger partial charge in [-0.05, 0) is 12.1 Å². The summed E-state index contributed by atoms with van der Waals surface area (Å²) < 4.78 is 5.38. The number of pyridine rings is 1. The summed E-state index contributed by atoms with van der Waals surface area (Å²) in [5.74, 6) is 0.775. The Labute approximate surface area is 139 Å². The van der Waals surface area contributed by atoms with Crippen molar-refractivity contribution in [3.63, 3.8) is 0 Å². The number of hydrazone groups is 1. The minimum atomic E-state index is -0.985. The van der Waals surface area contributed by atoms with Crippen LogP contribution >= 0.6 is 0 Å². The van der Waals surface area contributed by atoms with Gasteiger partial charge in [-0.15, -0.1) is 0 Å². The fraction of sp³-hybridized carbons (Fsp3) is 0.467. The zero-order valence-corrected chi connectivity index (χ0v) is 13.3. The summed E-state index contributed by atoms with van der Waals surface area (Å²) in [4.78, 5) is 15.4. The molecule has 1 fully saturated rings. The number of hydrogen-bond acceptors (Lipinski definition) is 9. The van der Waals surface area contributed by atoms with Crippen LogP contribution in [0.15, 0.2) is 33.3 Å². The molecule has 0 saturated carbocycles. The standard InChI is InChI=1S/C15H20N8O/c16-14-18-10-23-13(21-14)15(17,9-19-23)12-3-1-2-11(20-12)8-22-4-6-24-7-5-22/h1-3,9H,4-8,10,17H2,(H2,16,18). The predicted molar refractivity (Wildman–Crippen MR) is 90.5 cm³/mol. The molecule has 4 N–H and O–H groups in total. The van der Waals surface area contributed by atoms with Gasteiger partial charge in [0.15, 0.2) is 11.4 Å². The molecule has 3 aliphatic rings. The Hall–Kier alpha value is -2.36. The third-order valence-electron chi connectivity index (χ3n) is 4.32. The van der Waals surface area contributed by atoms with Crippen LogP contribution in [0.5, 0.6) is 0 Å². The van der Waals surface area contributed by atoms with Crippen LogP contribution in [-0.4, -0.2) is 65.9 Å². The first-order valence-electron chi connectivity index (χ1n) is 7.92. The van der Waals surface area contributed by atoms with Gasteiger partial charge >= 0.3 is 0 Å². The molecule has 4 heterocycles. The molecule has 0 amide bonds. The van der Waals surface area contributed by atoms with Crippen molar-refractivity contribution in [1.82, 2.24) is 14.9 Å². The first kappa shape index (κ1) is 15.2. The Morgan fingerprint density at radius 3 is 2.92 bits per heavy atom. The van der Waals surface area contributed by atoms with Crippen molar-refractivity contribution >= 4 is 18.0 Å². The number of fused-ring (bicyclic) bond motifs is 1. The second kappa shape index (κ2) is 5.93. The molecule has 0 bridgehead atoms. The van der Waals surface area contributed by atoms with E-state index in [0.717, 1.165) is 38.5 Å². The first-order chi connectivity index (χ1) is 11.6. The van der Waals surface area contributed by atoms with E-state index in [4.69, 9.17) is 21.2 Å². The van der Waals surface area contributed by atoms with Crippen LogP contribution in [0.2, 0.25) is 0 Å². The summed E-state index contributed by atoms with van der Waals surface area (Å²) in [5, 5.41) is 5.94. The van der Waals surface area contributed by atoms with E-state index in [2.05, 4.69) is 20.0 Å². The van der Waals surface area contributed by atoms with Crippen molar-refractivity contribution < 1.29 is 4.74 Å². The fourth-order valence-electron chi connectivity index (χ4n) is 2.99. The number of amidine groups is 1. The van der Waals surface area contributed by atoms with Gasteiger partial charge in [0, 0.05) is 19.6 Å². The van der Waals surface area contributed by atoms with Crippen LogP contribution in [0.4, 0.5) is 0 Å². The Morgan fingerprint density at radius 1 is 1.25 bits per heavy atom. The van der Waals surface area contributed by atoms with E-state index in [0.29, 0.717) is 18.2 Å². The molecular formula is C15H20N8O. The molecule has 1 atom stereocenters. The summed E-state index contributed by atoms with van der Waals surface area (Å²) in [6, 6.07) is 5.86. The number of ether oxygens (including phenoxy) is 1. The zero-order valence-electron chi connectivity index (χ0n) is 13.3. The monoisotopic (exact) mass is 328 g/mol. The highest BCUT2D eigenvalue weighted by atomic mass is 16.5. The Kier molecular flexibility index (Phi) is 3.75. The van der Waals surface area contributed by atoms with Crippen LogP contribution in [0, 0.1) is 0 Å². The minimum Gasteiger partial charge on any atom is -0.379 e. The number of aliphatic imine (C=N–C) groups is 2. The van der Waals surface area contributed by atoms with Crippen LogP contribution in [0.1, 0.15) is 11.4 Å². The highest BCUT2D eigenvalue weighted by Crippen LogP contribution is 2.26. The molecule has 9 nitrogen and oxygen atoms in total. The Morgan fingerprint density at radius 2 is 2.08 bits per heavy atom. The molecule has 3 aliphatic heterocycles. The maximum atomic E-state index is 6.57. The Bertz CT molecular complexity index is 724. The molecule has 9 heteroatoms. The van der Waals surface area contributed by atoms with Gasteiger partial charge < -0.3 is 16.2 Å². The third kappa shape index (κ3) is 2.66. The molecule has 0 aliphatic carbocycles. The highest BCUT2D eigenvalue weighted by Gasteiger charge is 2.43. The molecule has 1 aromatic heterocycles. The number of morpholine rings is 1. The lowest BCUT2D eigenvalue weighted by molar-refractivity contribution is 0.0336. The van der Waals surface area contributed by atoms with E-state index in [1.54, 1.807) is 11.2 Å². The van der Waals surface area contributed by atoms with Gasteiger partial charge in [-0.2, -0.15) is 10.1 Å². The van der Waals surface area contributed by atoms with Crippen LogP contribution in [0.25, 0.3) is 0 Å². The Balaban J connectivity index is 1.61. The molecule has 126 valence electrons. The molecule has 4 rings (SSSR count). The van der Waals surface area contributed by atoms with Crippen molar-refractivity contribution in [1.29, 1.82) is 0 Å². The second-order valence-electron chi connectivity index (χ2n) is 6.01.